The molecule has 47 heavy (non-hydrogen) atoms. The molecule has 1 aliphatic rings. The van der Waals surface area contributed by atoms with Gasteiger partial charge in [-0.25, -0.2) is 9.78 Å². The number of amides is 1. The predicted molar refractivity (Wildman–Crippen MR) is 178 cm³/mol. The summed E-state index contributed by atoms with van der Waals surface area (Å²) in [7, 11) is 1.48. The van der Waals surface area contributed by atoms with E-state index in [1.54, 1.807) is 43.3 Å². The summed E-state index contributed by atoms with van der Waals surface area (Å²) >= 11 is 0.915. The molecule has 0 unspecified atom stereocenters. The molecular weight excluding hydrogens is 620 g/mol. The number of aliphatic hydroxyl groups is 1. The van der Waals surface area contributed by atoms with E-state index in [4.69, 9.17) is 18.9 Å². The fourth-order valence-electron chi connectivity index (χ4n) is 5.20. The lowest BCUT2D eigenvalue weighted by atomic mass is 9.94. The smallest absolute Gasteiger partial charge is 0.350 e. The van der Waals surface area contributed by atoms with Crippen LogP contribution < -0.4 is 19.1 Å². The Kier molecular flexibility index (Phi) is 10.1. The summed E-state index contributed by atoms with van der Waals surface area (Å²) in [5.41, 5.74) is 2.66. The van der Waals surface area contributed by atoms with Crippen molar-refractivity contribution >= 4 is 39.9 Å². The van der Waals surface area contributed by atoms with E-state index >= 15 is 0 Å². The molecule has 0 radical (unpaired) electrons. The first-order chi connectivity index (χ1) is 22.7. The number of thiazole rings is 1. The molecule has 3 aromatic carbocycles. The molecular formula is C36H34N2O8S. The quantitative estimate of drug-likeness (QED) is 0.0583. The average molecular weight is 655 g/mol. The van der Waals surface area contributed by atoms with Gasteiger partial charge in [0, 0.05) is 5.56 Å². The number of aromatic nitrogens is 1. The number of anilines is 1. The van der Waals surface area contributed by atoms with Crippen LogP contribution in [-0.2, 0) is 20.9 Å². The third-order valence-corrected chi connectivity index (χ3v) is 8.58. The molecule has 4 aromatic rings. The summed E-state index contributed by atoms with van der Waals surface area (Å²) < 4.78 is 22.4. The molecule has 1 aromatic heterocycles. The lowest BCUT2D eigenvalue weighted by Gasteiger charge is -2.24. The largest absolute Gasteiger partial charge is 0.507 e. The van der Waals surface area contributed by atoms with Gasteiger partial charge in [-0.2, -0.15) is 0 Å². The topological polar surface area (TPSA) is 124 Å². The molecule has 0 saturated carbocycles. The number of benzene rings is 3. The first kappa shape index (κ1) is 33.0. The fraction of sp³-hybridized carbons (Fsp3) is 0.222. The first-order valence-corrected chi connectivity index (χ1v) is 15.6. The number of aliphatic hydroxyl groups excluding tert-OH is 1. The minimum Gasteiger partial charge on any atom is -0.507 e. The van der Waals surface area contributed by atoms with E-state index in [1.807, 2.05) is 44.2 Å². The average Bonchev–Trinajstić information content (AvgIpc) is 3.59. The number of methoxy groups -OCH3 is 1. The van der Waals surface area contributed by atoms with Crippen molar-refractivity contribution in [2.45, 2.75) is 33.4 Å². The van der Waals surface area contributed by atoms with Crippen molar-refractivity contribution in [3.05, 3.63) is 118 Å². The Labute approximate surface area is 276 Å². The second kappa shape index (κ2) is 14.3. The summed E-state index contributed by atoms with van der Waals surface area (Å²) in [5.74, 6) is -1.39. The Balaban J connectivity index is 1.60. The molecule has 1 amide bonds. The van der Waals surface area contributed by atoms with Crippen LogP contribution in [0.2, 0.25) is 0 Å². The highest BCUT2D eigenvalue weighted by molar-refractivity contribution is 7.17. The van der Waals surface area contributed by atoms with Gasteiger partial charge in [0.25, 0.3) is 5.78 Å². The van der Waals surface area contributed by atoms with Crippen LogP contribution in [-0.4, -0.2) is 48.1 Å². The maximum atomic E-state index is 13.8. The molecule has 1 N–H and O–H groups in total. The molecule has 0 bridgehead atoms. The molecule has 0 spiro atoms. The van der Waals surface area contributed by atoms with E-state index in [9.17, 15) is 19.5 Å². The predicted octanol–water partition coefficient (Wildman–Crippen LogP) is 6.72. The van der Waals surface area contributed by atoms with E-state index in [0.717, 1.165) is 22.5 Å². The third kappa shape index (κ3) is 6.75. The monoisotopic (exact) mass is 654 g/mol. The second-order valence-electron chi connectivity index (χ2n) is 10.6. The first-order valence-electron chi connectivity index (χ1n) is 14.8. The number of nitrogens with zero attached hydrogens (tertiary/aromatic N) is 2. The summed E-state index contributed by atoms with van der Waals surface area (Å²) in [6.07, 6.45) is 1.44. The Morgan fingerprint density at radius 1 is 1.02 bits per heavy atom. The Morgan fingerprint density at radius 3 is 2.45 bits per heavy atom. The van der Waals surface area contributed by atoms with Gasteiger partial charge in [0.15, 0.2) is 16.6 Å². The van der Waals surface area contributed by atoms with Crippen molar-refractivity contribution in [2.24, 2.45) is 0 Å². The van der Waals surface area contributed by atoms with E-state index in [2.05, 4.69) is 11.6 Å². The number of hydrogen-bond donors (Lipinski definition) is 1. The van der Waals surface area contributed by atoms with E-state index < -0.39 is 23.7 Å². The maximum absolute atomic E-state index is 13.8. The number of hydrogen-bond acceptors (Lipinski definition) is 10. The van der Waals surface area contributed by atoms with Crippen LogP contribution in [0.25, 0.3) is 5.76 Å². The molecule has 1 atom stereocenters. The van der Waals surface area contributed by atoms with Gasteiger partial charge in [-0.15, -0.1) is 0 Å². The highest BCUT2D eigenvalue weighted by atomic mass is 32.1. The Hall–Kier alpha value is -5.42. The number of carbonyl (C=O) groups excluding carboxylic acids is 3. The minimum atomic E-state index is -1.11. The molecule has 11 heteroatoms. The molecule has 1 saturated heterocycles. The SMILES string of the molecule is C=CCOC(=O)c1sc(N2C(=O)C(=O)C(=C(O)c3ccc(OCc4ccccc4)c(C)c3)[C@@H]2c2ccc(OCC)c(OC)c2)nc1C. The van der Waals surface area contributed by atoms with Gasteiger partial charge >= 0.3 is 11.9 Å². The normalized spacial score (nSPS) is 15.4. The van der Waals surface area contributed by atoms with Crippen molar-refractivity contribution < 1.29 is 38.4 Å². The summed E-state index contributed by atoms with van der Waals surface area (Å²) in [5, 5.41) is 11.8. The summed E-state index contributed by atoms with van der Waals surface area (Å²) in [4.78, 5) is 46.1. The van der Waals surface area contributed by atoms with Gasteiger partial charge in [0.05, 0.1) is 31.0 Å². The van der Waals surface area contributed by atoms with Crippen LogP contribution in [0.5, 0.6) is 17.2 Å². The van der Waals surface area contributed by atoms with Crippen molar-refractivity contribution in [3.63, 3.8) is 0 Å². The van der Waals surface area contributed by atoms with Gasteiger partial charge < -0.3 is 24.1 Å². The molecule has 2 heterocycles. The van der Waals surface area contributed by atoms with E-state index in [1.165, 1.54) is 18.1 Å². The van der Waals surface area contributed by atoms with Crippen LogP contribution in [0, 0.1) is 13.8 Å². The zero-order valence-corrected chi connectivity index (χ0v) is 27.3. The van der Waals surface area contributed by atoms with Gasteiger partial charge in [-0.1, -0.05) is 60.4 Å². The van der Waals surface area contributed by atoms with Crippen LogP contribution in [0.4, 0.5) is 5.13 Å². The Bertz CT molecular complexity index is 1860. The van der Waals surface area contributed by atoms with Crippen LogP contribution in [0.1, 0.15) is 50.6 Å². The van der Waals surface area contributed by atoms with Crippen molar-refractivity contribution in [2.75, 3.05) is 25.2 Å². The molecule has 5 rings (SSSR count). The summed E-state index contributed by atoms with van der Waals surface area (Å²) in [6, 6.07) is 18.6. The van der Waals surface area contributed by atoms with E-state index in [-0.39, 0.29) is 27.9 Å². The third-order valence-electron chi connectivity index (χ3n) is 7.44. The van der Waals surface area contributed by atoms with Crippen LogP contribution in [0.15, 0.2) is 85.0 Å². The molecule has 10 nitrogen and oxygen atoms in total. The maximum Gasteiger partial charge on any atom is 0.350 e. The van der Waals surface area contributed by atoms with E-state index in [0.29, 0.717) is 47.3 Å². The number of esters is 1. The molecule has 242 valence electrons. The van der Waals surface area contributed by atoms with Gasteiger partial charge in [0.2, 0.25) is 0 Å². The van der Waals surface area contributed by atoms with Crippen molar-refractivity contribution in [1.82, 2.24) is 4.98 Å². The second-order valence-corrected chi connectivity index (χ2v) is 11.5. The number of Topliss-reactive ketones (excluding diaryl/α,β-unsaturated/α-hetero) is 1. The van der Waals surface area contributed by atoms with Crippen molar-refractivity contribution in [3.8, 4) is 17.2 Å². The fourth-order valence-corrected chi connectivity index (χ4v) is 6.19. The van der Waals surface area contributed by atoms with Crippen LogP contribution in [0.3, 0.4) is 0 Å². The number of rotatable bonds is 12. The zero-order chi connectivity index (χ0) is 33.7. The number of ketones is 1. The lowest BCUT2D eigenvalue weighted by molar-refractivity contribution is -0.132. The van der Waals surface area contributed by atoms with Crippen LogP contribution >= 0.6 is 11.3 Å². The molecule has 1 fully saturated rings. The number of ether oxygens (including phenoxy) is 4. The molecule has 0 aliphatic carbocycles. The van der Waals surface area contributed by atoms with Gasteiger partial charge in [-0.3, -0.25) is 14.5 Å². The standard InChI is InChI=1S/C36H34N2O8S/c1-6-17-45-35(42)33-22(4)37-36(47-33)38-30(24-13-16-27(44-7-2)28(19-24)43-5)29(32(40)34(38)41)31(39)25-14-15-26(21(3)18-25)46-20-23-11-9-8-10-12-23/h6,8-16,18-19,30,39H,1,7,17,20H2,2-5H3/t30-/m0/s1. The lowest BCUT2D eigenvalue weighted by Crippen LogP contribution is -2.29. The van der Waals surface area contributed by atoms with Gasteiger partial charge in [-0.05, 0) is 67.8 Å². The highest BCUT2D eigenvalue weighted by Crippen LogP contribution is 2.45. The van der Waals surface area contributed by atoms with Crippen molar-refractivity contribution in [1.29, 1.82) is 0 Å². The zero-order valence-electron chi connectivity index (χ0n) is 26.4. The number of carbonyl (C=O) groups is 3. The minimum absolute atomic E-state index is 0.00248. The van der Waals surface area contributed by atoms with Gasteiger partial charge in [0.1, 0.15) is 29.6 Å². The number of aryl methyl sites for hydroxylation is 2. The summed E-state index contributed by atoms with van der Waals surface area (Å²) in [6.45, 7) is 9.58. The molecule has 1 aliphatic heterocycles. The Morgan fingerprint density at radius 2 is 1.77 bits per heavy atom. The highest BCUT2D eigenvalue weighted by Gasteiger charge is 2.48.